The minimum atomic E-state index is 0.0906. The van der Waals surface area contributed by atoms with Crippen LogP contribution in [0.1, 0.15) is 38.5 Å². The van der Waals surface area contributed by atoms with Crippen molar-refractivity contribution in [3.63, 3.8) is 0 Å². The van der Waals surface area contributed by atoms with Crippen LogP contribution in [0.25, 0.3) is 0 Å². The summed E-state index contributed by atoms with van der Waals surface area (Å²) in [4.78, 5) is 0. The van der Waals surface area contributed by atoms with Gasteiger partial charge in [0, 0.05) is 13.1 Å². The van der Waals surface area contributed by atoms with Crippen molar-refractivity contribution in [2.24, 2.45) is 5.92 Å². The van der Waals surface area contributed by atoms with Gasteiger partial charge in [0.25, 0.3) is 0 Å². The van der Waals surface area contributed by atoms with Gasteiger partial charge in [0.2, 0.25) is 0 Å². The fourth-order valence-corrected chi connectivity index (χ4v) is 1.71. The Labute approximate surface area is 91.7 Å². The highest BCUT2D eigenvalue weighted by atomic mass is 16.8. The molecule has 2 fully saturated rings. The van der Waals surface area contributed by atoms with Crippen LogP contribution in [0, 0.1) is 5.92 Å². The lowest BCUT2D eigenvalue weighted by molar-refractivity contribution is -0.322. The molecular weight excluding hydrogens is 192 g/mol. The predicted molar refractivity (Wildman–Crippen MR) is 58.0 cm³/mol. The number of hydrazine groups is 1. The first-order valence-corrected chi connectivity index (χ1v) is 6.14. The van der Waals surface area contributed by atoms with Gasteiger partial charge in [0.1, 0.15) is 0 Å². The van der Waals surface area contributed by atoms with Gasteiger partial charge in [0.15, 0.2) is 13.1 Å². The quantitative estimate of drug-likeness (QED) is 0.449. The van der Waals surface area contributed by atoms with E-state index >= 15 is 0 Å². The molecule has 0 aromatic rings. The van der Waals surface area contributed by atoms with Gasteiger partial charge in [-0.15, -0.1) is 0 Å². The Morgan fingerprint density at radius 2 is 1.73 bits per heavy atom. The second-order valence-electron chi connectivity index (χ2n) is 4.46. The summed E-state index contributed by atoms with van der Waals surface area (Å²) < 4.78 is 10.3. The Balaban J connectivity index is 1.26. The van der Waals surface area contributed by atoms with Gasteiger partial charge in [-0.05, 0) is 31.6 Å². The summed E-state index contributed by atoms with van der Waals surface area (Å²) >= 11 is 0. The van der Waals surface area contributed by atoms with Crippen molar-refractivity contribution in [1.29, 1.82) is 0 Å². The minimum absolute atomic E-state index is 0.0906. The molecule has 0 aromatic carbocycles. The second-order valence-corrected chi connectivity index (χ2v) is 4.46. The first-order chi connectivity index (χ1) is 7.45. The van der Waals surface area contributed by atoms with Crippen LogP contribution < -0.4 is 10.9 Å². The molecule has 1 heterocycles. The molecule has 4 nitrogen and oxygen atoms in total. The van der Waals surface area contributed by atoms with Crippen molar-refractivity contribution in [2.75, 3.05) is 19.9 Å². The van der Waals surface area contributed by atoms with Crippen molar-refractivity contribution < 1.29 is 9.47 Å². The van der Waals surface area contributed by atoms with Crippen LogP contribution in [0.5, 0.6) is 0 Å². The Kier molecular flexibility index (Phi) is 4.86. The molecule has 1 aliphatic heterocycles. The summed E-state index contributed by atoms with van der Waals surface area (Å²) in [7, 11) is 0. The summed E-state index contributed by atoms with van der Waals surface area (Å²) in [6.45, 7) is 2.64. The van der Waals surface area contributed by atoms with Crippen molar-refractivity contribution in [1.82, 2.24) is 10.9 Å². The van der Waals surface area contributed by atoms with E-state index in [9.17, 15) is 0 Å². The molecule has 1 aliphatic carbocycles. The van der Waals surface area contributed by atoms with Gasteiger partial charge >= 0.3 is 0 Å². The Hall–Kier alpha value is -0.160. The van der Waals surface area contributed by atoms with E-state index in [0.717, 1.165) is 25.4 Å². The smallest absolute Gasteiger partial charge is 0.163 e. The van der Waals surface area contributed by atoms with Crippen molar-refractivity contribution >= 4 is 0 Å². The molecule has 0 atom stereocenters. The molecule has 1 saturated carbocycles. The zero-order chi connectivity index (χ0) is 10.3. The number of ether oxygens (including phenoxy) is 2. The normalized spacial score (nSPS) is 21.6. The molecule has 0 spiro atoms. The minimum Gasteiger partial charge on any atom is -0.326 e. The van der Waals surface area contributed by atoms with Crippen molar-refractivity contribution in [3.05, 3.63) is 0 Å². The Bertz CT molecular complexity index is 170. The van der Waals surface area contributed by atoms with Crippen LogP contribution in [0.2, 0.25) is 0 Å². The maximum atomic E-state index is 5.15. The van der Waals surface area contributed by atoms with E-state index in [1.807, 2.05) is 0 Å². The van der Waals surface area contributed by atoms with Crippen molar-refractivity contribution in [3.8, 4) is 0 Å². The highest BCUT2D eigenvalue weighted by Gasteiger charge is 2.20. The summed E-state index contributed by atoms with van der Waals surface area (Å²) in [5, 5.41) is 0. The van der Waals surface area contributed by atoms with Gasteiger partial charge in [-0.1, -0.05) is 12.8 Å². The van der Waals surface area contributed by atoms with Crippen LogP contribution in [-0.4, -0.2) is 26.2 Å². The van der Waals surface area contributed by atoms with E-state index in [4.69, 9.17) is 9.47 Å². The Morgan fingerprint density at radius 1 is 0.933 bits per heavy atom. The molecule has 2 N–H and O–H groups in total. The monoisotopic (exact) mass is 214 g/mol. The standard InChI is InChI=1S/C11H22N2O2/c1(3-11-14-9-15-11)2-7-12-13-8-6-10-4-5-10/h10-13H,1-9H2. The summed E-state index contributed by atoms with van der Waals surface area (Å²) in [5.41, 5.74) is 6.51. The fraction of sp³-hybridized carbons (Fsp3) is 1.00. The van der Waals surface area contributed by atoms with Crippen LogP contribution >= 0.6 is 0 Å². The molecule has 0 amide bonds. The SMILES string of the molecule is C(CCC1OCO1)CNNCCC1CC1. The van der Waals surface area contributed by atoms with Crippen LogP contribution in [-0.2, 0) is 9.47 Å². The molecule has 0 radical (unpaired) electrons. The van der Waals surface area contributed by atoms with E-state index < -0.39 is 0 Å². The molecule has 2 aliphatic rings. The van der Waals surface area contributed by atoms with Gasteiger partial charge in [-0.2, -0.15) is 0 Å². The molecule has 2 rings (SSSR count). The molecule has 88 valence electrons. The molecule has 4 heteroatoms. The molecule has 1 saturated heterocycles. The lowest BCUT2D eigenvalue weighted by Crippen LogP contribution is -2.34. The lowest BCUT2D eigenvalue weighted by Gasteiger charge is -2.26. The summed E-state index contributed by atoms with van der Waals surface area (Å²) in [5.74, 6) is 1.02. The number of hydrogen-bond acceptors (Lipinski definition) is 4. The van der Waals surface area contributed by atoms with Gasteiger partial charge in [0.05, 0.1) is 0 Å². The lowest BCUT2D eigenvalue weighted by atomic mass is 10.2. The van der Waals surface area contributed by atoms with E-state index in [2.05, 4.69) is 10.9 Å². The maximum absolute atomic E-state index is 5.15. The maximum Gasteiger partial charge on any atom is 0.163 e. The zero-order valence-corrected chi connectivity index (χ0v) is 9.34. The van der Waals surface area contributed by atoms with Crippen LogP contribution in [0.3, 0.4) is 0 Å². The fourth-order valence-electron chi connectivity index (χ4n) is 1.71. The molecule has 0 bridgehead atoms. The summed E-state index contributed by atoms with van der Waals surface area (Å²) in [6.07, 6.45) is 7.70. The average molecular weight is 214 g/mol. The topological polar surface area (TPSA) is 42.5 Å². The largest absolute Gasteiger partial charge is 0.326 e. The third-order valence-electron chi connectivity index (χ3n) is 3.00. The van der Waals surface area contributed by atoms with Crippen LogP contribution in [0.4, 0.5) is 0 Å². The number of unbranched alkanes of at least 4 members (excludes halogenated alkanes) is 1. The molecular formula is C11H22N2O2. The first kappa shape index (κ1) is 11.3. The van der Waals surface area contributed by atoms with E-state index in [0.29, 0.717) is 6.79 Å². The van der Waals surface area contributed by atoms with Crippen LogP contribution in [0.15, 0.2) is 0 Å². The first-order valence-electron chi connectivity index (χ1n) is 6.14. The highest BCUT2D eigenvalue weighted by Crippen LogP contribution is 2.31. The van der Waals surface area contributed by atoms with E-state index in [1.54, 1.807) is 0 Å². The Morgan fingerprint density at radius 3 is 2.40 bits per heavy atom. The average Bonchev–Trinajstić information content (AvgIpc) is 2.96. The summed E-state index contributed by atoms with van der Waals surface area (Å²) in [6, 6.07) is 0. The van der Waals surface area contributed by atoms with Gasteiger partial charge in [-0.3, -0.25) is 10.9 Å². The number of hydrogen-bond donors (Lipinski definition) is 2. The number of rotatable bonds is 9. The molecule has 0 aromatic heterocycles. The van der Waals surface area contributed by atoms with E-state index in [1.165, 1.54) is 32.1 Å². The third kappa shape index (κ3) is 4.93. The van der Waals surface area contributed by atoms with E-state index in [-0.39, 0.29) is 6.29 Å². The van der Waals surface area contributed by atoms with Crippen molar-refractivity contribution in [2.45, 2.75) is 44.8 Å². The van der Waals surface area contributed by atoms with Gasteiger partial charge in [-0.25, -0.2) is 0 Å². The molecule has 0 unspecified atom stereocenters. The zero-order valence-electron chi connectivity index (χ0n) is 9.34. The second kappa shape index (κ2) is 6.43. The predicted octanol–water partition coefficient (Wildman–Crippen LogP) is 1.38. The molecule has 15 heavy (non-hydrogen) atoms. The third-order valence-corrected chi connectivity index (χ3v) is 3.00. The highest BCUT2D eigenvalue weighted by molar-refractivity contribution is 4.73. The van der Waals surface area contributed by atoms with Gasteiger partial charge < -0.3 is 9.47 Å². The number of nitrogens with one attached hydrogen (secondary N) is 2.